The zero-order chi connectivity index (χ0) is 13.0. The standard InChI is InChI=1S/C15H20N2O/c1-11(2)8-16-9-13-10-17-18-15(13)14-7-5-4-6-12(14)3/h4-7,10-11,16H,8-9H2,1-3H3. The van der Waals surface area contributed by atoms with Crippen LogP contribution in [-0.4, -0.2) is 11.7 Å². The summed E-state index contributed by atoms with van der Waals surface area (Å²) < 4.78 is 5.40. The Morgan fingerprint density at radius 1 is 1.28 bits per heavy atom. The van der Waals surface area contributed by atoms with Gasteiger partial charge in [-0.2, -0.15) is 0 Å². The molecule has 1 N–H and O–H groups in total. The highest BCUT2D eigenvalue weighted by Crippen LogP contribution is 2.26. The van der Waals surface area contributed by atoms with Gasteiger partial charge in [0.1, 0.15) is 0 Å². The fourth-order valence-corrected chi connectivity index (χ4v) is 1.93. The van der Waals surface area contributed by atoms with Crippen LogP contribution in [0.3, 0.4) is 0 Å². The van der Waals surface area contributed by atoms with Gasteiger partial charge >= 0.3 is 0 Å². The van der Waals surface area contributed by atoms with E-state index in [1.54, 1.807) is 6.20 Å². The number of aryl methyl sites for hydroxylation is 1. The summed E-state index contributed by atoms with van der Waals surface area (Å²) >= 11 is 0. The lowest BCUT2D eigenvalue weighted by atomic mass is 10.0. The fourth-order valence-electron chi connectivity index (χ4n) is 1.93. The van der Waals surface area contributed by atoms with E-state index in [1.807, 2.05) is 12.1 Å². The van der Waals surface area contributed by atoms with Gasteiger partial charge < -0.3 is 9.84 Å². The monoisotopic (exact) mass is 244 g/mol. The number of hydrogen-bond donors (Lipinski definition) is 1. The molecule has 0 radical (unpaired) electrons. The average Bonchev–Trinajstić information content (AvgIpc) is 2.77. The van der Waals surface area contributed by atoms with Crippen molar-refractivity contribution in [2.24, 2.45) is 5.92 Å². The van der Waals surface area contributed by atoms with E-state index in [4.69, 9.17) is 4.52 Å². The topological polar surface area (TPSA) is 38.1 Å². The van der Waals surface area contributed by atoms with Gasteiger partial charge in [0.2, 0.25) is 0 Å². The number of benzene rings is 1. The molecular formula is C15H20N2O. The van der Waals surface area contributed by atoms with E-state index in [-0.39, 0.29) is 0 Å². The van der Waals surface area contributed by atoms with Crippen LogP contribution in [0.5, 0.6) is 0 Å². The van der Waals surface area contributed by atoms with Crippen molar-refractivity contribution in [1.29, 1.82) is 0 Å². The quantitative estimate of drug-likeness (QED) is 0.876. The fraction of sp³-hybridized carbons (Fsp3) is 0.400. The molecule has 0 bridgehead atoms. The molecule has 2 rings (SSSR count). The van der Waals surface area contributed by atoms with Gasteiger partial charge in [0.05, 0.1) is 6.20 Å². The van der Waals surface area contributed by atoms with E-state index < -0.39 is 0 Å². The van der Waals surface area contributed by atoms with Crippen molar-refractivity contribution in [2.75, 3.05) is 6.54 Å². The Morgan fingerprint density at radius 3 is 2.78 bits per heavy atom. The first-order valence-corrected chi connectivity index (χ1v) is 6.38. The molecule has 0 saturated heterocycles. The number of hydrogen-bond acceptors (Lipinski definition) is 3. The van der Waals surface area contributed by atoms with E-state index >= 15 is 0 Å². The summed E-state index contributed by atoms with van der Waals surface area (Å²) in [5.41, 5.74) is 3.45. The van der Waals surface area contributed by atoms with Gasteiger partial charge in [-0.25, -0.2) is 0 Å². The van der Waals surface area contributed by atoms with E-state index in [0.29, 0.717) is 5.92 Å². The molecule has 0 aliphatic heterocycles. The van der Waals surface area contributed by atoms with Crippen molar-refractivity contribution in [2.45, 2.75) is 27.3 Å². The molecule has 0 saturated carbocycles. The van der Waals surface area contributed by atoms with Gasteiger partial charge in [-0.05, 0) is 24.9 Å². The molecule has 3 heteroatoms. The maximum Gasteiger partial charge on any atom is 0.171 e. The minimum Gasteiger partial charge on any atom is -0.356 e. The molecule has 0 amide bonds. The van der Waals surface area contributed by atoms with Crippen LogP contribution in [-0.2, 0) is 6.54 Å². The first-order valence-electron chi connectivity index (χ1n) is 6.38. The maximum atomic E-state index is 5.40. The van der Waals surface area contributed by atoms with Gasteiger partial charge in [-0.3, -0.25) is 0 Å². The second-order valence-corrected chi connectivity index (χ2v) is 5.02. The van der Waals surface area contributed by atoms with Crippen LogP contribution in [0.4, 0.5) is 0 Å². The van der Waals surface area contributed by atoms with E-state index in [9.17, 15) is 0 Å². The maximum absolute atomic E-state index is 5.40. The minimum absolute atomic E-state index is 0.645. The minimum atomic E-state index is 0.645. The van der Waals surface area contributed by atoms with Crippen LogP contribution in [0.15, 0.2) is 35.0 Å². The molecule has 1 heterocycles. The molecule has 18 heavy (non-hydrogen) atoms. The highest BCUT2D eigenvalue weighted by molar-refractivity contribution is 5.64. The summed E-state index contributed by atoms with van der Waals surface area (Å²) in [5, 5.41) is 7.34. The van der Waals surface area contributed by atoms with E-state index in [2.05, 4.69) is 43.4 Å². The summed E-state index contributed by atoms with van der Waals surface area (Å²) in [6.07, 6.45) is 1.80. The number of nitrogens with zero attached hydrogens (tertiary/aromatic N) is 1. The average molecular weight is 244 g/mol. The number of nitrogens with one attached hydrogen (secondary N) is 1. The lowest BCUT2D eigenvalue weighted by molar-refractivity contribution is 0.431. The molecule has 0 atom stereocenters. The normalized spacial score (nSPS) is 11.1. The summed E-state index contributed by atoms with van der Waals surface area (Å²) in [4.78, 5) is 0. The van der Waals surface area contributed by atoms with Crippen LogP contribution in [0.2, 0.25) is 0 Å². The Hall–Kier alpha value is -1.61. The van der Waals surface area contributed by atoms with Gasteiger partial charge in [-0.15, -0.1) is 0 Å². The first kappa shape index (κ1) is 12.8. The summed E-state index contributed by atoms with van der Waals surface area (Å²) in [6, 6.07) is 8.22. The second kappa shape index (κ2) is 5.83. The molecule has 0 aliphatic rings. The largest absolute Gasteiger partial charge is 0.356 e. The molecule has 2 aromatic rings. The van der Waals surface area contributed by atoms with Crippen molar-refractivity contribution < 1.29 is 4.52 Å². The Labute approximate surface area is 108 Å². The lowest BCUT2D eigenvalue weighted by Gasteiger charge is -2.07. The summed E-state index contributed by atoms with van der Waals surface area (Å²) in [5.74, 6) is 1.52. The number of aromatic nitrogens is 1. The predicted octanol–water partition coefficient (Wildman–Crippen LogP) is 3.40. The van der Waals surface area contributed by atoms with Crippen LogP contribution < -0.4 is 5.32 Å². The van der Waals surface area contributed by atoms with Gasteiger partial charge in [0.25, 0.3) is 0 Å². The highest BCUT2D eigenvalue weighted by atomic mass is 16.5. The van der Waals surface area contributed by atoms with Crippen LogP contribution >= 0.6 is 0 Å². The summed E-state index contributed by atoms with van der Waals surface area (Å²) in [6.45, 7) is 8.28. The Bertz CT molecular complexity index is 503. The lowest BCUT2D eigenvalue weighted by Crippen LogP contribution is -2.18. The molecule has 0 spiro atoms. The third-order valence-corrected chi connectivity index (χ3v) is 2.90. The van der Waals surface area contributed by atoms with Crippen molar-refractivity contribution in [3.05, 3.63) is 41.6 Å². The first-order chi connectivity index (χ1) is 8.68. The zero-order valence-electron chi connectivity index (χ0n) is 11.2. The molecule has 1 aromatic carbocycles. The van der Waals surface area contributed by atoms with Crippen molar-refractivity contribution in [1.82, 2.24) is 10.5 Å². The molecule has 3 nitrogen and oxygen atoms in total. The molecule has 0 aliphatic carbocycles. The second-order valence-electron chi connectivity index (χ2n) is 5.02. The van der Waals surface area contributed by atoms with Gasteiger partial charge in [0, 0.05) is 17.7 Å². The SMILES string of the molecule is Cc1ccccc1-c1oncc1CNCC(C)C. The molecule has 1 aromatic heterocycles. The van der Waals surface area contributed by atoms with Gasteiger partial charge in [0.15, 0.2) is 5.76 Å². The van der Waals surface area contributed by atoms with Crippen molar-refractivity contribution in [3.8, 4) is 11.3 Å². The third-order valence-electron chi connectivity index (χ3n) is 2.90. The smallest absolute Gasteiger partial charge is 0.171 e. The summed E-state index contributed by atoms with van der Waals surface area (Å²) in [7, 11) is 0. The molecule has 0 fully saturated rings. The molecular weight excluding hydrogens is 224 g/mol. The molecule has 0 unspecified atom stereocenters. The van der Waals surface area contributed by atoms with Crippen molar-refractivity contribution in [3.63, 3.8) is 0 Å². The Morgan fingerprint density at radius 2 is 2.06 bits per heavy atom. The van der Waals surface area contributed by atoms with Crippen LogP contribution in [0.25, 0.3) is 11.3 Å². The highest BCUT2D eigenvalue weighted by Gasteiger charge is 2.12. The zero-order valence-corrected chi connectivity index (χ0v) is 11.2. The molecule has 96 valence electrons. The Balaban J connectivity index is 2.15. The van der Waals surface area contributed by atoms with Crippen LogP contribution in [0, 0.1) is 12.8 Å². The van der Waals surface area contributed by atoms with Gasteiger partial charge in [-0.1, -0.05) is 43.3 Å². The predicted molar refractivity (Wildman–Crippen MR) is 73.2 cm³/mol. The Kier molecular flexibility index (Phi) is 4.15. The van der Waals surface area contributed by atoms with Crippen molar-refractivity contribution >= 4 is 0 Å². The van der Waals surface area contributed by atoms with E-state index in [1.165, 1.54) is 5.56 Å². The van der Waals surface area contributed by atoms with E-state index in [0.717, 1.165) is 30.0 Å². The third kappa shape index (κ3) is 2.99. The van der Waals surface area contributed by atoms with Crippen LogP contribution in [0.1, 0.15) is 25.0 Å². The number of rotatable bonds is 5.